The van der Waals surface area contributed by atoms with Gasteiger partial charge in [0, 0.05) is 16.8 Å². The lowest BCUT2D eigenvalue weighted by atomic mass is 10.2. The van der Waals surface area contributed by atoms with Crippen LogP contribution in [0.3, 0.4) is 0 Å². The highest BCUT2D eigenvalue weighted by molar-refractivity contribution is 7.07. The van der Waals surface area contributed by atoms with Crippen molar-refractivity contribution in [3.8, 4) is 0 Å². The van der Waals surface area contributed by atoms with Crippen LogP contribution >= 0.6 is 11.3 Å². The van der Waals surface area contributed by atoms with Gasteiger partial charge >= 0.3 is 4.87 Å². The van der Waals surface area contributed by atoms with Gasteiger partial charge in [0.05, 0.1) is 6.54 Å². The molecule has 2 rings (SSSR count). The van der Waals surface area contributed by atoms with Gasteiger partial charge in [0.25, 0.3) is 0 Å². The third-order valence-corrected chi connectivity index (χ3v) is 3.18. The standard InChI is InChI=1S/C11H12N2OS/c1-8-7-15-11(14)13(8)6-9-2-4-10(12)5-3-9/h2-5,7H,6,12H2,1H3. The van der Waals surface area contributed by atoms with Gasteiger partial charge in [-0.05, 0) is 24.6 Å². The number of aryl methyl sites for hydroxylation is 1. The van der Waals surface area contributed by atoms with Gasteiger partial charge in [-0.3, -0.25) is 9.36 Å². The van der Waals surface area contributed by atoms with E-state index < -0.39 is 0 Å². The average Bonchev–Trinajstić information content (AvgIpc) is 2.53. The largest absolute Gasteiger partial charge is 0.399 e. The monoisotopic (exact) mass is 220 g/mol. The van der Waals surface area contributed by atoms with Crippen molar-refractivity contribution >= 4 is 17.0 Å². The zero-order valence-corrected chi connectivity index (χ0v) is 9.25. The van der Waals surface area contributed by atoms with E-state index in [0.717, 1.165) is 16.9 Å². The number of rotatable bonds is 2. The summed E-state index contributed by atoms with van der Waals surface area (Å²) in [5.74, 6) is 0. The van der Waals surface area contributed by atoms with Crippen molar-refractivity contribution in [1.82, 2.24) is 4.57 Å². The first-order valence-corrected chi connectivity index (χ1v) is 5.54. The molecule has 1 heterocycles. The summed E-state index contributed by atoms with van der Waals surface area (Å²) in [5, 5.41) is 1.87. The number of anilines is 1. The van der Waals surface area contributed by atoms with Crippen molar-refractivity contribution in [2.75, 3.05) is 5.73 Å². The molecule has 0 spiro atoms. The fourth-order valence-corrected chi connectivity index (χ4v) is 2.14. The van der Waals surface area contributed by atoms with Gasteiger partial charge in [0.2, 0.25) is 0 Å². The first-order chi connectivity index (χ1) is 7.16. The fourth-order valence-electron chi connectivity index (χ4n) is 1.40. The predicted octanol–water partition coefficient (Wildman–Crippen LogP) is 1.85. The summed E-state index contributed by atoms with van der Waals surface area (Å²) in [6.45, 7) is 2.56. The average molecular weight is 220 g/mol. The molecule has 3 nitrogen and oxygen atoms in total. The lowest BCUT2D eigenvalue weighted by molar-refractivity contribution is 0.755. The van der Waals surface area contributed by atoms with Crippen LogP contribution in [0.5, 0.6) is 0 Å². The van der Waals surface area contributed by atoms with Gasteiger partial charge in [-0.25, -0.2) is 0 Å². The number of aromatic nitrogens is 1. The van der Waals surface area contributed by atoms with Gasteiger partial charge in [-0.2, -0.15) is 0 Å². The van der Waals surface area contributed by atoms with E-state index in [4.69, 9.17) is 5.73 Å². The number of nitrogens with two attached hydrogens (primary N) is 1. The van der Waals surface area contributed by atoms with Crippen molar-refractivity contribution in [2.45, 2.75) is 13.5 Å². The van der Waals surface area contributed by atoms with Crippen molar-refractivity contribution in [2.24, 2.45) is 0 Å². The Bertz CT molecular complexity index is 510. The number of hydrogen-bond donors (Lipinski definition) is 1. The molecule has 0 aliphatic carbocycles. The number of benzene rings is 1. The van der Waals surface area contributed by atoms with E-state index >= 15 is 0 Å². The molecule has 4 heteroatoms. The Morgan fingerprint density at radius 3 is 2.53 bits per heavy atom. The Labute approximate surface area is 91.8 Å². The molecule has 0 bridgehead atoms. The second kappa shape index (κ2) is 3.90. The highest BCUT2D eigenvalue weighted by Crippen LogP contribution is 2.08. The SMILES string of the molecule is Cc1csc(=O)n1Cc1ccc(N)cc1. The molecule has 2 N–H and O–H groups in total. The van der Waals surface area contributed by atoms with Gasteiger partial charge in [0.1, 0.15) is 0 Å². The van der Waals surface area contributed by atoms with Gasteiger partial charge in [-0.1, -0.05) is 23.5 Å². The van der Waals surface area contributed by atoms with Crippen LogP contribution in [0.2, 0.25) is 0 Å². The number of nitrogen functional groups attached to an aromatic ring is 1. The van der Waals surface area contributed by atoms with Crippen LogP contribution in [-0.2, 0) is 6.54 Å². The summed E-state index contributed by atoms with van der Waals surface area (Å²) in [6, 6.07) is 7.59. The van der Waals surface area contributed by atoms with Crippen LogP contribution in [0, 0.1) is 6.92 Å². The number of hydrogen-bond acceptors (Lipinski definition) is 3. The lowest BCUT2D eigenvalue weighted by Crippen LogP contribution is -2.15. The molecule has 0 fully saturated rings. The Balaban J connectivity index is 2.29. The Hall–Kier alpha value is -1.55. The third-order valence-electron chi connectivity index (χ3n) is 2.30. The second-order valence-electron chi connectivity index (χ2n) is 3.47. The normalized spacial score (nSPS) is 10.5. The van der Waals surface area contributed by atoms with Crippen LogP contribution in [0.15, 0.2) is 34.4 Å². The predicted molar refractivity (Wildman–Crippen MR) is 63.3 cm³/mol. The maximum atomic E-state index is 11.5. The molecule has 0 atom stereocenters. The third kappa shape index (κ3) is 2.10. The summed E-state index contributed by atoms with van der Waals surface area (Å²) >= 11 is 1.24. The molecule has 0 saturated heterocycles. The van der Waals surface area contributed by atoms with Crippen molar-refractivity contribution in [3.63, 3.8) is 0 Å². The number of thiazole rings is 1. The highest BCUT2D eigenvalue weighted by atomic mass is 32.1. The molecule has 0 radical (unpaired) electrons. The minimum absolute atomic E-state index is 0.0873. The molecule has 1 aromatic heterocycles. The second-order valence-corrected chi connectivity index (χ2v) is 4.29. The fraction of sp³-hybridized carbons (Fsp3) is 0.182. The molecule has 1 aromatic carbocycles. The van der Waals surface area contributed by atoms with Gasteiger partial charge < -0.3 is 5.73 Å². The van der Waals surface area contributed by atoms with Crippen molar-refractivity contribution in [3.05, 3.63) is 50.6 Å². The summed E-state index contributed by atoms with van der Waals surface area (Å²) in [5.41, 5.74) is 8.43. The topological polar surface area (TPSA) is 48.0 Å². The molecule has 2 aromatic rings. The van der Waals surface area contributed by atoms with E-state index in [9.17, 15) is 4.79 Å². The molecular formula is C11H12N2OS. The van der Waals surface area contributed by atoms with Gasteiger partial charge in [0.15, 0.2) is 0 Å². The smallest absolute Gasteiger partial charge is 0.307 e. The zero-order chi connectivity index (χ0) is 10.8. The van der Waals surface area contributed by atoms with E-state index in [1.807, 2.05) is 36.6 Å². The Morgan fingerprint density at radius 1 is 1.33 bits per heavy atom. The molecule has 78 valence electrons. The first kappa shape index (κ1) is 9.98. The maximum Gasteiger partial charge on any atom is 0.307 e. The summed E-state index contributed by atoms with van der Waals surface area (Å²) < 4.78 is 1.76. The van der Waals surface area contributed by atoms with Crippen LogP contribution in [0.1, 0.15) is 11.3 Å². The molecule has 0 saturated carbocycles. The quantitative estimate of drug-likeness (QED) is 0.785. The minimum Gasteiger partial charge on any atom is -0.399 e. The summed E-state index contributed by atoms with van der Waals surface area (Å²) in [4.78, 5) is 11.6. The lowest BCUT2D eigenvalue weighted by Gasteiger charge is -2.04. The van der Waals surface area contributed by atoms with E-state index in [2.05, 4.69) is 0 Å². The van der Waals surface area contributed by atoms with Crippen LogP contribution in [0.25, 0.3) is 0 Å². The van der Waals surface area contributed by atoms with Crippen LogP contribution in [-0.4, -0.2) is 4.57 Å². The maximum absolute atomic E-state index is 11.5. The van der Waals surface area contributed by atoms with Crippen molar-refractivity contribution < 1.29 is 0 Å². The molecule has 0 amide bonds. The highest BCUT2D eigenvalue weighted by Gasteiger charge is 2.02. The Morgan fingerprint density at radius 2 is 2.00 bits per heavy atom. The molecule has 0 aliphatic rings. The first-order valence-electron chi connectivity index (χ1n) is 4.66. The van der Waals surface area contributed by atoms with Crippen LogP contribution < -0.4 is 10.6 Å². The molecular weight excluding hydrogens is 208 g/mol. The van der Waals surface area contributed by atoms with Crippen LogP contribution in [0.4, 0.5) is 5.69 Å². The molecule has 0 aliphatic heterocycles. The minimum atomic E-state index is 0.0873. The Kier molecular flexibility index (Phi) is 2.60. The molecule has 0 unspecified atom stereocenters. The summed E-state index contributed by atoms with van der Waals surface area (Å²) in [7, 11) is 0. The van der Waals surface area contributed by atoms with E-state index in [0.29, 0.717) is 6.54 Å². The van der Waals surface area contributed by atoms with E-state index in [1.165, 1.54) is 11.3 Å². The molecule has 15 heavy (non-hydrogen) atoms. The van der Waals surface area contributed by atoms with Crippen molar-refractivity contribution in [1.29, 1.82) is 0 Å². The van der Waals surface area contributed by atoms with E-state index in [-0.39, 0.29) is 4.87 Å². The van der Waals surface area contributed by atoms with Gasteiger partial charge in [-0.15, -0.1) is 0 Å². The number of nitrogens with zero attached hydrogens (tertiary/aromatic N) is 1. The summed E-state index contributed by atoms with van der Waals surface area (Å²) in [6.07, 6.45) is 0. The zero-order valence-electron chi connectivity index (χ0n) is 8.43. The van der Waals surface area contributed by atoms with E-state index in [1.54, 1.807) is 4.57 Å².